The summed E-state index contributed by atoms with van der Waals surface area (Å²) in [4.78, 5) is 12.0. The summed E-state index contributed by atoms with van der Waals surface area (Å²) in [7, 11) is 0. The molecule has 0 unspecified atom stereocenters. The number of hydrogen-bond donors (Lipinski definition) is 1. The Morgan fingerprint density at radius 1 is 1.04 bits per heavy atom. The van der Waals surface area contributed by atoms with Crippen molar-refractivity contribution in [1.82, 2.24) is 0 Å². The number of benzene rings is 2. The van der Waals surface area contributed by atoms with E-state index in [0.29, 0.717) is 26.2 Å². The zero-order valence-electron chi connectivity index (χ0n) is 13.5. The Bertz CT molecular complexity index is 599. The number of amides is 1. The number of anilines is 1. The molecule has 122 valence electrons. The summed E-state index contributed by atoms with van der Waals surface area (Å²) >= 11 is 0. The van der Waals surface area contributed by atoms with Gasteiger partial charge < -0.3 is 14.8 Å². The van der Waals surface area contributed by atoms with Crippen LogP contribution in [0.15, 0.2) is 54.6 Å². The highest BCUT2D eigenvalue weighted by atomic mass is 16.5. The van der Waals surface area contributed by atoms with E-state index in [0.717, 1.165) is 23.4 Å². The van der Waals surface area contributed by atoms with E-state index in [4.69, 9.17) is 9.47 Å². The van der Waals surface area contributed by atoms with Crippen molar-refractivity contribution in [2.75, 3.05) is 25.1 Å². The maximum atomic E-state index is 12.0. The lowest BCUT2D eigenvalue weighted by atomic mass is 10.1. The maximum Gasteiger partial charge on any atom is 0.224 e. The normalized spacial score (nSPS) is 10.3. The first kappa shape index (κ1) is 17.0. The lowest BCUT2D eigenvalue weighted by Gasteiger charge is -2.09. The first-order chi connectivity index (χ1) is 11.3. The van der Waals surface area contributed by atoms with Crippen molar-refractivity contribution < 1.29 is 14.3 Å². The largest absolute Gasteiger partial charge is 0.491 e. The highest BCUT2D eigenvalue weighted by Crippen LogP contribution is 2.17. The van der Waals surface area contributed by atoms with Crippen LogP contribution in [0.3, 0.4) is 0 Å². The molecule has 0 atom stereocenters. The van der Waals surface area contributed by atoms with Crippen LogP contribution in [-0.2, 0) is 16.0 Å². The monoisotopic (exact) mass is 313 g/mol. The molecular weight excluding hydrogens is 290 g/mol. The van der Waals surface area contributed by atoms with Crippen LogP contribution < -0.4 is 10.1 Å². The summed E-state index contributed by atoms with van der Waals surface area (Å²) in [5, 5.41) is 2.90. The molecule has 4 nitrogen and oxygen atoms in total. The lowest BCUT2D eigenvalue weighted by Crippen LogP contribution is -2.12. The van der Waals surface area contributed by atoms with Gasteiger partial charge in [-0.2, -0.15) is 0 Å². The molecule has 0 saturated heterocycles. The molecule has 0 fully saturated rings. The molecule has 1 N–H and O–H groups in total. The number of hydrogen-bond acceptors (Lipinski definition) is 3. The van der Waals surface area contributed by atoms with Gasteiger partial charge in [0.05, 0.1) is 6.61 Å². The fourth-order valence-corrected chi connectivity index (χ4v) is 2.15. The molecule has 2 rings (SSSR count). The van der Waals surface area contributed by atoms with Gasteiger partial charge in [-0.3, -0.25) is 4.79 Å². The molecule has 23 heavy (non-hydrogen) atoms. The smallest absolute Gasteiger partial charge is 0.224 e. The molecule has 2 aromatic carbocycles. The first-order valence-electron chi connectivity index (χ1n) is 7.92. The van der Waals surface area contributed by atoms with Crippen LogP contribution in [0.1, 0.15) is 18.9 Å². The fourth-order valence-electron chi connectivity index (χ4n) is 2.15. The molecular formula is C19H23NO3. The van der Waals surface area contributed by atoms with E-state index >= 15 is 0 Å². The molecule has 1 amide bonds. The first-order valence-corrected chi connectivity index (χ1v) is 7.92. The Morgan fingerprint density at radius 3 is 2.65 bits per heavy atom. The second-order valence-electron chi connectivity index (χ2n) is 5.11. The predicted molar refractivity (Wildman–Crippen MR) is 91.8 cm³/mol. The summed E-state index contributed by atoms with van der Waals surface area (Å²) < 4.78 is 10.8. The van der Waals surface area contributed by atoms with E-state index in [2.05, 4.69) is 5.32 Å². The van der Waals surface area contributed by atoms with E-state index in [1.54, 1.807) is 0 Å². The number of aryl methyl sites for hydroxylation is 1. The highest BCUT2D eigenvalue weighted by molar-refractivity contribution is 5.91. The maximum absolute atomic E-state index is 12.0. The minimum absolute atomic E-state index is 0.000296. The van der Waals surface area contributed by atoms with Crippen LogP contribution >= 0.6 is 0 Å². The van der Waals surface area contributed by atoms with Gasteiger partial charge in [-0.05, 0) is 31.0 Å². The van der Waals surface area contributed by atoms with Crippen LogP contribution in [-0.4, -0.2) is 25.7 Å². The van der Waals surface area contributed by atoms with Crippen molar-refractivity contribution in [3.63, 3.8) is 0 Å². The summed E-state index contributed by atoms with van der Waals surface area (Å²) in [6.07, 6.45) is 1.19. The number of rotatable bonds is 9. The molecule has 0 heterocycles. The molecule has 0 aliphatic carbocycles. The van der Waals surface area contributed by atoms with Gasteiger partial charge in [0.15, 0.2) is 0 Å². The van der Waals surface area contributed by atoms with Crippen molar-refractivity contribution in [1.29, 1.82) is 0 Å². The number of nitrogens with one attached hydrogen (secondary N) is 1. The molecule has 0 aliphatic heterocycles. The van der Waals surface area contributed by atoms with Crippen LogP contribution in [0.4, 0.5) is 5.69 Å². The lowest BCUT2D eigenvalue weighted by molar-refractivity contribution is -0.116. The number of carbonyl (C=O) groups is 1. The third-order valence-corrected chi connectivity index (χ3v) is 3.30. The van der Waals surface area contributed by atoms with Gasteiger partial charge in [0, 0.05) is 24.8 Å². The Kier molecular flexibility index (Phi) is 7.14. The van der Waals surface area contributed by atoms with Crippen molar-refractivity contribution in [2.24, 2.45) is 0 Å². The summed E-state index contributed by atoms with van der Waals surface area (Å²) in [6.45, 7) is 3.69. The molecule has 0 spiro atoms. The molecule has 0 aliphatic rings. The van der Waals surface area contributed by atoms with Gasteiger partial charge in [-0.15, -0.1) is 0 Å². The second-order valence-corrected chi connectivity index (χ2v) is 5.11. The topological polar surface area (TPSA) is 47.6 Å². The molecule has 2 aromatic rings. The van der Waals surface area contributed by atoms with Gasteiger partial charge >= 0.3 is 0 Å². The summed E-state index contributed by atoms with van der Waals surface area (Å²) in [5.74, 6) is 0.728. The van der Waals surface area contributed by atoms with Gasteiger partial charge in [0.1, 0.15) is 12.4 Å². The van der Waals surface area contributed by atoms with Gasteiger partial charge in [0.25, 0.3) is 0 Å². The Labute approximate surface area is 137 Å². The van der Waals surface area contributed by atoms with E-state index in [-0.39, 0.29) is 5.91 Å². The van der Waals surface area contributed by atoms with Crippen molar-refractivity contribution in [3.05, 3.63) is 60.2 Å². The van der Waals surface area contributed by atoms with Crippen molar-refractivity contribution in [2.45, 2.75) is 19.8 Å². The van der Waals surface area contributed by atoms with Gasteiger partial charge in [-0.25, -0.2) is 0 Å². The van der Waals surface area contributed by atoms with Crippen molar-refractivity contribution >= 4 is 11.6 Å². The third kappa shape index (κ3) is 6.53. The summed E-state index contributed by atoms with van der Waals surface area (Å²) in [5.41, 5.74) is 1.91. The van der Waals surface area contributed by atoms with Crippen LogP contribution in [0.5, 0.6) is 5.75 Å². The zero-order valence-corrected chi connectivity index (χ0v) is 13.5. The van der Waals surface area contributed by atoms with Gasteiger partial charge in [-0.1, -0.05) is 36.4 Å². The third-order valence-electron chi connectivity index (χ3n) is 3.30. The van der Waals surface area contributed by atoms with Gasteiger partial charge in [0.2, 0.25) is 5.91 Å². The zero-order chi connectivity index (χ0) is 16.3. The molecule has 0 radical (unpaired) electrons. The fraction of sp³-hybridized carbons (Fsp3) is 0.316. The average molecular weight is 313 g/mol. The average Bonchev–Trinajstić information content (AvgIpc) is 2.58. The van der Waals surface area contributed by atoms with E-state index < -0.39 is 0 Å². The van der Waals surface area contributed by atoms with Crippen molar-refractivity contribution in [3.8, 4) is 5.75 Å². The Balaban J connectivity index is 1.78. The van der Waals surface area contributed by atoms with Crippen LogP contribution in [0.2, 0.25) is 0 Å². The quantitative estimate of drug-likeness (QED) is 0.719. The van der Waals surface area contributed by atoms with Crippen LogP contribution in [0, 0.1) is 0 Å². The van der Waals surface area contributed by atoms with Crippen LogP contribution in [0.25, 0.3) is 0 Å². The standard InChI is InChI=1S/C19H23NO3/c1-2-22-13-14-23-18-10-6-9-17(15-18)20-19(21)12-11-16-7-4-3-5-8-16/h3-10,15H,2,11-14H2,1H3,(H,20,21). The SMILES string of the molecule is CCOCCOc1cccc(NC(=O)CCc2ccccc2)c1. The highest BCUT2D eigenvalue weighted by Gasteiger charge is 2.04. The molecule has 4 heteroatoms. The molecule has 0 saturated carbocycles. The summed E-state index contributed by atoms with van der Waals surface area (Å²) in [6, 6.07) is 17.4. The predicted octanol–water partition coefficient (Wildman–Crippen LogP) is 3.67. The Morgan fingerprint density at radius 2 is 1.87 bits per heavy atom. The second kappa shape index (κ2) is 9.64. The molecule has 0 bridgehead atoms. The van der Waals surface area contributed by atoms with E-state index in [9.17, 15) is 4.79 Å². The number of ether oxygens (including phenoxy) is 2. The Hall–Kier alpha value is -2.33. The minimum Gasteiger partial charge on any atom is -0.491 e. The van der Waals surface area contributed by atoms with E-state index in [1.807, 2.05) is 61.5 Å². The van der Waals surface area contributed by atoms with E-state index in [1.165, 1.54) is 0 Å². The molecule has 0 aromatic heterocycles. The number of carbonyl (C=O) groups excluding carboxylic acids is 1. The minimum atomic E-state index is 0.000296.